The van der Waals surface area contributed by atoms with Crippen LogP contribution in [0.2, 0.25) is 0 Å². The maximum absolute atomic E-state index is 11.5. The van der Waals surface area contributed by atoms with Crippen LogP contribution in [0.25, 0.3) is 0 Å². The summed E-state index contributed by atoms with van der Waals surface area (Å²) in [4.78, 5) is 33.2. The van der Waals surface area contributed by atoms with Crippen molar-refractivity contribution in [2.24, 2.45) is 0 Å². The van der Waals surface area contributed by atoms with Gasteiger partial charge >= 0.3 is 6.03 Å². The Hall–Kier alpha value is -1.98. The van der Waals surface area contributed by atoms with Gasteiger partial charge in [-0.05, 0) is 0 Å². The highest BCUT2D eigenvalue weighted by Crippen LogP contribution is 2.10. The molecule has 0 atom stereocenters. The van der Waals surface area contributed by atoms with Crippen LogP contribution in [-0.2, 0) is 11.3 Å². The molecule has 3 amide bonds. The normalized spacial score (nSPS) is 16.3. The summed E-state index contributed by atoms with van der Waals surface area (Å²) in [6.45, 7) is 0.439. The van der Waals surface area contributed by atoms with E-state index in [0.717, 1.165) is 4.90 Å². The molecule has 1 fully saturated rings. The lowest BCUT2D eigenvalue weighted by molar-refractivity contribution is -0.124. The van der Waals surface area contributed by atoms with Gasteiger partial charge in [-0.3, -0.25) is 19.7 Å². The molecule has 2 rings (SSSR count). The third kappa shape index (κ3) is 1.78. The van der Waals surface area contributed by atoms with Gasteiger partial charge in [0.15, 0.2) is 0 Å². The average Bonchev–Trinajstić information content (AvgIpc) is 2.48. The van der Waals surface area contributed by atoms with Crippen molar-refractivity contribution in [2.75, 3.05) is 13.6 Å². The zero-order valence-electron chi connectivity index (χ0n) is 8.25. The second-order valence-electron chi connectivity index (χ2n) is 3.29. The summed E-state index contributed by atoms with van der Waals surface area (Å²) < 4.78 is 0. The summed E-state index contributed by atoms with van der Waals surface area (Å²) in [7, 11) is 1.47. The lowest BCUT2D eigenvalue weighted by atomic mass is 10.4. The molecule has 6 nitrogen and oxygen atoms in total. The largest absolute Gasteiger partial charge is 0.327 e. The Morgan fingerprint density at radius 2 is 2.20 bits per heavy atom. The Morgan fingerprint density at radius 3 is 2.73 bits per heavy atom. The van der Waals surface area contributed by atoms with Crippen LogP contribution in [0, 0.1) is 0 Å². The van der Waals surface area contributed by atoms with Crippen LogP contribution in [0.15, 0.2) is 18.6 Å². The van der Waals surface area contributed by atoms with Crippen LogP contribution in [0.1, 0.15) is 5.69 Å². The zero-order valence-corrected chi connectivity index (χ0v) is 8.25. The number of likely N-dealkylation sites (N-methyl/N-ethyl adjacent to an activating group) is 1. The van der Waals surface area contributed by atoms with E-state index in [4.69, 9.17) is 0 Å². The van der Waals surface area contributed by atoms with Gasteiger partial charge in [0.25, 0.3) is 0 Å². The molecular weight excluding hydrogens is 196 g/mol. The molecule has 78 valence electrons. The van der Waals surface area contributed by atoms with Gasteiger partial charge in [0.2, 0.25) is 5.91 Å². The molecule has 1 aliphatic rings. The van der Waals surface area contributed by atoms with Crippen LogP contribution < -0.4 is 0 Å². The molecule has 0 aromatic carbocycles. The summed E-state index contributed by atoms with van der Waals surface area (Å²) in [5.74, 6) is -0.191. The van der Waals surface area contributed by atoms with E-state index in [1.807, 2.05) is 0 Å². The summed E-state index contributed by atoms with van der Waals surface area (Å²) in [6.07, 6.45) is 4.70. The van der Waals surface area contributed by atoms with Gasteiger partial charge in [0.1, 0.15) is 6.54 Å². The van der Waals surface area contributed by atoms with Gasteiger partial charge in [-0.1, -0.05) is 0 Å². The molecule has 1 aromatic rings. The summed E-state index contributed by atoms with van der Waals surface area (Å²) >= 11 is 0. The second-order valence-corrected chi connectivity index (χ2v) is 3.29. The van der Waals surface area contributed by atoms with Gasteiger partial charge in [0.05, 0.1) is 18.4 Å². The second kappa shape index (κ2) is 3.64. The zero-order chi connectivity index (χ0) is 10.8. The Bertz CT molecular complexity index is 392. The molecule has 0 radical (unpaired) electrons. The Balaban J connectivity index is 2.09. The number of nitrogens with zero attached hydrogens (tertiary/aromatic N) is 4. The molecule has 0 unspecified atom stereocenters. The third-order valence-electron chi connectivity index (χ3n) is 2.23. The van der Waals surface area contributed by atoms with Gasteiger partial charge in [-0.2, -0.15) is 0 Å². The number of rotatable bonds is 2. The van der Waals surface area contributed by atoms with Crippen molar-refractivity contribution in [1.82, 2.24) is 19.8 Å². The summed E-state index contributed by atoms with van der Waals surface area (Å²) in [5.41, 5.74) is 0.675. The predicted octanol–water partition coefficient (Wildman–Crippen LogP) is -0.129. The van der Waals surface area contributed by atoms with E-state index in [0.29, 0.717) is 12.2 Å². The first-order valence-electron chi connectivity index (χ1n) is 4.49. The number of amides is 3. The van der Waals surface area contributed by atoms with Crippen molar-refractivity contribution in [2.45, 2.75) is 6.54 Å². The molecule has 0 spiro atoms. The van der Waals surface area contributed by atoms with Crippen molar-refractivity contribution >= 4 is 11.9 Å². The van der Waals surface area contributed by atoms with Gasteiger partial charge in [-0.25, -0.2) is 4.79 Å². The minimum atomic E-state index is -0.286. The lowest BCUT2D eigenvalue weighted by Gasteiger charge is -2.13. The number of imide groups is 1. The number of hydrogen-bond donors (Lipinski definition) is 0. The van der Waals surface area contributed by atoms with Crippen molar-refractivity contribution in [1.29, 1.82) is 0 Å². The molecule has 1 saturated heterocycles. The molecule has 15 heavy (non-hydrogen) atoms. The van der Waals surface area contributed by atoms with E-state index in [1.165, 1.54) is 11.9 Å². The van der Waals surface area contributed by atoms with E-state index in [2.05, 4.69) is 9.97 Å². The van der Waals surface area contributed by atoms with Crippen molar-refractivity contribution in [3.8, 4) is 0 Å². The summed E-state index contributed by atoms with van der Waals surface area (Å²) in [6, 6.07) is -0.286. The molecular formula is C9H10N4O2. The SMILES string of the molecule is CN1C(=O)CN(Cc2cnccn2)C1=O. The van der Waals surface area contributed by atoms with Crippen molar-refractivity contribution in [3.63, 3.8) is 0 Å². The maximum Gasteiger partial charge on any atom is 0.327 e. The highest BCUT2D eigenvalue weighted by atomic mass is 16.2. The predicted molar refractivity (Wildman–Crippen MR) is 50.6 cm³/mol. The molecule has 0 saturated carbocycles. The first kappa shape index (κ1) is 9.57. The Morgan fingerprint density at radius 1 is 1.40 bits per heavy atom. The molecule has 2 heterocycles. The fourth-order valence-corrected chi connectivity index (χ4v) is 1.39. The van der Waals surface area contributed by atoms with E-state index in [9.17, 15) is 9.59 Å². The molecule has 0 bridgehead atoms. The van der Waals surface area contributed by atoms with E-state index >= 15 is 0 Å². The third-order valence-corrected chi connectivity index (χ3v) is 2.23. The van der Waals surface area contributed by atoms with E-state index < -0.39 is 0 Å². The highest BCUT2D eigenvalue weighted by molar-refractivity contribution is 6.01. The molecule has 6 heteroatoms. The number of aromatic nitrogens is 2. The topological polar surface area (TPSA) is 66.4 Å². The maximum atomic E-state index is 11.5. The standard InChI is InChI=1S/C9H10N4O2/c1-12-8(14)6-13(9(12)15)5-7-4-10-2-3-11-7/h2-4H,5-6H2,1H3. The van der Waals surface area contributed by atoms with Crippen LogP contribution in [0.3, 0.4) is 0 Å². The average molecular weight is 206 g/mol. The summed E-state index contributed by atoms with van der Waals surface area (Å²) in [5, 5.41) is 0. The number of carbonyl (C=O) groups is 2. The molecule has 0 N–H and O–H groups in total. The van der Waals surface area contributed by atoms with Crippen LogP contribution in [-0.4, -0.2) is 45.3 Å². The Kier molecular flexibility index (Phi) is 2.32. The number of carbonyl (C=O) groups excluding carboxylic acids is 2. The molecule has 1 aliphatic heterocycles. The number of hydrogen-bond acceptors (Lipinski definition) is 4. The van der Waals surface area contributed by atoms with Crippen molar-refractivity contribution < 1.29 is 9.59 Å². The smallest absolute Gasteiger partial charge is 0.309 e. The quantitative estimate of drug-likeness (QED) is 0.632. The first-order chi connectivity index (χ1) is 7.18. The van der Waals surface area contributed by atoms with Gasteiger partial charge < -0.3 is 4.90 Å². The highest BCUT2D eigenvalue weighted by Gasteiger charge is 2.32. The monoisotopic (exact) mass is 206 g/mol. The molecule has 0 aliphatic carbocycles. The fraction of sp³-hybridized carbons (Fsp3) is 0.333. The van der Waals surface area contributed by atoms with Crippen LogP contribution in [0.4, 0.5) is 4.79 Å². The van der Waals surface area contributed by atoms with Gasteiger partial charge in [-0.15, -0.1) is 0 Å². The molecule has 1 aromatic heterocycles. The first-order valence-corrected chi connectivity index (χ1v) is 4.49. The minimum Gasteiger partial charge on any atom is -0.309 e. The Labute approximate surface area is 86.5 Å². The van der Waals surface area contributed by atoms with Gasteiger partial charge in [0, 0.05) is 19.4 Å². The van der Waals surface area contributed by atoms with Crippen molar-refractivity contribution in [3.05, 3.63) is 24.3 Å². The minimum absolute atomic E-state index is 0.117. The van der Waals surface area contributed by atoms with Crippen LogP contribution in [0.5, 0.6) is 0 Å². The lowest BCUT2D eigenvalue weighted by Crippen LogP contribution is -2.29. The fourth-order valence-electron chi connectivity index (χ4n) is 1.39. The van der Waals surface area contributed by atoms with Crippen LogP contribution >= 0.6 is 0 Å². The van der Waals surface area contributed by atoms with E-state index in [1.54, 1.807) is 18.6 Å². The van der Waals surface area contributed by atoms with E-state index in [-0.39, 0.29) is 18.5 Å². The number of urea groups is 1.